The lowest BCUT2D eigenvalue weighted by atomic mass is 9.81. The molecule has 0 saturated carbocycles. The lowest BCUT2D eigenvalue weighted by Gasteiger charge is -2.39. The van der Waals surface area contributed by atoms with E-state index in [9.17, 15) is 28.5 Å². The maximum absolute atomic E-state index is 14.6. The summed E-state index contributed by atoms with van der Waals surface area (Å²) in [5.74, 6) is -0.802. The third-order valence-electron chi connectivity index (χ3n) is 7.07. The van der Waals surface area contributed by atoms with Gasteiger partial charge in [0.05, 0.1) is 13.0 Å². The first-order valence-electron chi connectivity index (χ1n) is 13.6. The van der Waals surface area contributed by atoms with Crippen molar-refractivity contribution in [3.63, 3.8) is 0 Å². The molecule has 0 aliphatic carbocycles. The Hall–Kier alpha value is -2.28. The van der Waals surface area contributed by atoms with Gasteiger partial charge in [0.2, 0.25) is 7.37 Å². The van der Waals surface area contributed by atoms with Crippen molar-refractivity contribution in [1.82, 2.24) is 0 Å². The van der Waals surface area contributed by atoms with Crippen LogP contribution < -0.4 is 10.0 Å². The van der Waals surface area contributed by atoms with Crippen molar-refractivity contribution in [2.45, 2.75) is 90.6 Å². The van der Waals surface area contributed by atoms with E-state index in [1.165, 1.54) is 18.2 Å². The van der Waals surface area contributed by atoms with Gasteiger partial charge in [-0.15, -0.1) is 0 Å². The fraction of sp³-hybridized carbons (Fsp3) is 0.517. The summed E-state index contributed by atoms with van der Waals surface area (Å²) in [4.78, 5) is 44.2. The number of benzene rings is 2. The topological polar surface area (TPSA) is 136 Å². The van der Waals surface area contributed by atoms with E-state index in [-0.39, 0.29) is 50.0 Å². The van der Waals surface area contributed by atoms with Crippen LogP contribution in [0.3, 0.4) is 0 Å². The second-order valence-corrected chi connectivity index (χ2v) is 15.3. The Morgan fingerprint density at radius 1 is 0.900 bits per heavy atom. The number of hydrogen-bond acceptors (Lipinski definition) is 7. The van der Waals surface area contributed by atoms with Crippen LogP contribution in [0.15, 0.2) is 48.5 Å². The number of rotatable bonds is 15. The maximum Gasteiger partial charge on any atom is 0.341 e. The molecule has 0 saturated heterocycles. The molecule has 0 aromatic heterocycles. The SMILES string of the molecule is CCCC(=O)Oc1ccc(P(=O)(OCC)C(CC)(CC)P(=O)(O)O)cc1C(C)(C)CC(=O)OCc1ccccc1. The van der Waals surface area contributed by atoms with Gasteiger partial charge >= 0.3 is 19.5 Å². The van der Waals surface area contributed by atoms with E-state index in [1.54, 1.807) is 34.6 Å². The summed E-state index contributed by atoms with van der Waals surface area (Å²) in [6, 6.07) is 13.6. The van der Waals surface area contributed by atoms with Crippen LogP contribution in [0.2, 0.25) is 0 Å². The van der Waals surface area contributed by atoms with Crippen molar-refractivity contribution in [2.75, 3.05) is 6.61 Å². The van der Waals surface area contributed by atoms with E-state index in [0.717, 1.165) is 5.56 Å². The number of carbonyl (C=O) groups excluding carboxylic acids is 2. The van der Waals surface area contributed by atoms with Crippen molar-refractivity contribution >= 4 is 32.2 Å². The van der Waals surface area contributed by atoms with Crippen molar-refractivity contribution in [1.29, 1.82) is 0 Å². The lowest BCUT2D eigenvalue weighted by molar-refractivity contribution is -0.146. The van der Waals surface area contributed by atoms with Gasteiger partial charge in [-0.25, -0.2) is 0 Å². The fourth-order valence-electron chi connectivity index (χ4n) is 4.81. The van der Waals surface area contributed by atoms with Crippen LogP contribution in [-0.2, 0) is 40.0 Å². The molecule has 0 aliphatic rings. The monoisotopic (exact) mass is 596 g/mol. The zero-order chi connectivity index (χ0) is 30.2. The molecule has 0 bridgehead atoms. The van der Waals surface area contributed by atoms with E-state index in [0.29, 0.717) is 12.0 Å². The van der Waals surface area contributed by atoms with Crippen LogP contribution in [0.5, 0.6) is 5.75 Å². The minimum atomic E-state index is -4.93. The van der Waals surface area contributed by atoms with E-state index < -0.39 is 37.2 Å². The van der Waals surface area contributed by atoms with Gasteiger partial charge in [-0.2, -0.15) is 0 Å². The van der Waals surface area contributed by atoms with Crippen LogP contribution in [0.4, 0.5) is 0 Å². The summed E-state index contributed by atoms with van der Waals surface area (Å²) in [5.41, 5.74) is 0.222. The first kappa shape index (κ1) is 33.9. The van der Waals surface area contributed by atoms with Gasteiger partial charge in [0.25, 0.3) is 0 Å². The summed E-state index contributed by atoms with van der Waals surface area (Å²) in [6.07, 6.45) is 0.446. The Bertz CT molecular complexity index is 1250. The highest BCUT2D eigenvalue weighted by molar-refractivity contribution is 7.80. The molecule has 0 heterocycles. The van der Waals surface area contributed by atoms with Crippen LogP contribution in [0, 0.1) is 0 Å². The Morgan fingerprint density at radius 3 is 2.05 bits per heavy atom. The summed E-state index contributed by atoms with van der Waals surface area (Å²) in [7, 11) is -9.14. The summed E-state index contributed by atoms with van der Waals surface area (Å²) in [6.45, 7) is 10.2. The van der Waals surface area contributed by atoms with Crippen molar-refractivity contribution in [3.8, 4) is 5.75 Å². The number of ether oxygens (including phenoxy) is 2. The van der Waals surface area contributed by atoms with Gasteiger partial charge in [-0.1, -0.05) is 65.0 Å². The molecule has 0 aliphatic heterocycles. The molecule has 222 valence electrons. The molecular formula is C29H42O9P2. The van der Waals surface area contributed by atoms with Crippen molar-refractivity contribution in [2.24, 2.45) is 0 Å². The van der Waals surface area contributed by atoms with E-state index >= 15 is 0 Å². The van der Waals surface area contributed by atoms with Gasteiger partial charge in [-0.3, -0.25) is 18.7 Å². The summed E-state index contributed by atoms with van der Waals surface area (Å²) >= 11 is 0. The Balaban J connectivity index is 2.62. The second kappa shape index (κ2) is 14.1. The molecule has 2 aromatic rings. The van der Waals surface area contributed by atoms with Crippen molar-refractivity contribution in [3.05, 3.63) is 59.7 Å². The average Bonchev–Trinajstić information content (AvgIpc) is 2.88. The van der Waals surface area contributed by atoms with Crippen LogP contribution in [0.25, 0.3) is 0 Å². The molecule has 2 rings (SSSR count). The number of carbonyl (C=O) groups is 2. The van der Waals surface area contributed by atoms with Gasteiger partial charge in [0.15, 0.2) is 4.90 Å². The second-order valence-electron chi connectivity index (χ2n) is 10.3. The van der Waals surface area contributed by atoms with Gasteiger partial charge in [0.1, 0.15) is 12.4 Å². The lowest BCUT2D eigenvalue weighted by Crippen LogP contribution is -2.34. The highest BCUT2D eigenvalue weighted by Gasteiger charge is 2.59. The molecular weight excluding hydrogens is 554 g/mol. The zero-order valence-electron chi connectivity index (χ0n) is 24.2. The smallest absolute Gasteiger partial charge is 0.341 e. The predicted molar refractivity (Wildman–Crippen MR) is 155 cm³/mol. The zero-order valence-corrected chi connectivity index (χ0v) is 26.0. The third kappa shape index (κ3) is 7.51. The normalized spacial score (nSPS) is 13.9. The molecule has 9 nitrogen and oxygen atoms in total. The molecule has 1 unspecified atom stereocenters. The molecule has 2 aromatic carbocycles. The largest absolute Gasteiger partial charge is 0.461 e. The molecule has 0 radical (unpaired) electrons. The van der Waals surface area contributed by atoms with Crippen LogP contribution in [-0.4, -0.2) is 33.2 Å². The van der Waals surface area contributed by atoms with E-state index in [2.05, 4.69) is 0 Å². The van der Waals surface area contributed by atoms with Gasteiger partial charge in [-0.05, 0) is 49.9 Å². The molecule has 11 heteroatoms. The molecule has 2 N–H and O–H groups in total. The summed E-state index contributed by atoms with van der Waals surface area (Å²) < 4.78 is 44.3. The average molecular weight is 597 g/mol. The molecule has 0 spiro atoms. The Morgan fingerprint density at radius 2 is 1.52 bits per heavy atom. The van der Waals surface area contributed by atoms with Crippen molar-refractivity contribution < 1.29 is 42.5 Å². The van der Waals surface area contributed by atoms with Gasteiger partial charge in [0, 0.05) is 22.7 Å². The minimum Gasteiger partial charge on any atom is -0.461 e. The minimum absolute atomic E-state index is 0.0448. The van der Waals surface area contributed by atoms with Gasteiger partial charge < -0.3 is 23.8 Å². The maximum atomic E-state index is 14.6. The molecule has 1 atom stereocenters. The Kier molecular flexibility index (Phi) is 11.9. The third-order valence-corrected chi connectivity index (χ3v) is 13.7. The Labute approximate surface area is 237 Å². The number of hydrogen-bond donors (Lipinski definition) is 2. The molecule has 40 heavy (non-hydrogen) atoms. The molecule has 0 fully saturated rings. The standard InChI is InChI=1S/C29H42O9P2/c1-7-14-26(30)38-25-18-17-23(39(32,37-10-4)29(8-2,9-3)40(33,34)35)19-24(25)28(5,6)20-27(31)36-21-22-15-12-11-13-16-22/h11-13,15-19H,7-10,14,20-21H2,1-6H3,(H2,33,34,35). The quantitative estimate of drug-likeness (QED) is 0.135. The van der Waals surface area contributed by atoms with E-state index in [1.807, 2.05) is 37.3 Å². The first-order valence-corrected chi connectivity index (χ1v) is 16.8. The van der Waals surface area contributed by atoms with Crippen LogP contribution in [0.1, 0.15) is 84.8 Å². The fourth-order valence-corrected chi connectivity index (χ4v) is 10.2. The predicted octanol–water partition coefficient (Wildman–Crippen LogP) is 6.44. The number of esters is 2. The molecule has 0 amide bonds. The first-order chi connectivity index (χ1) is 18.7. The highest BCUT2D eigenvalue weighted by Crippen LogP contribution is 2.75. The summed E-state index contributed by atoms with van der Waals surface area (Å²) in [5, 5.41) is 0.0809. The highest BCUT2D eigenvalue weighted by atomic mass is 31.2. The van der Waals surface area contributed by atoms with E-state index in [4.69, 9.17) is 14.0 Å². The van der Waals surface area contributed by atoms with Crippen LogP contribution >= 0.6 is 15.0 Å².